The molecule has 1 saturated carbocycles. The van der Waals surface area contributed by atoms with Gasteiger partial charge in [0.2, 0.25) is 0 Å². The van der Waals surface area contributed by atoms with E-state index in [-0.39, 0.29) is 0 Å². The van der Waals surface area contributed by atoms with Gasteiger partial charge in [0.05, 0.1) is 0 Å². The van der Waals surface area contributed by atoms with Crippen LogP contribution in [-0.2, 0) is 6.54 Å². The molecule has 2 atom stereocenters. The van der Waals surface area contributed by atoms with E-state index < -0.39 is 0 Å². The second kappa shape index (κ2) is 4.12. The smallest absolute Gasteiger partial charge is 0.110 e. The van der Waals surface area contributed by atoms with E-state index in [4.69, 9.17) is 5.26 Å². The summed E-state index contributed by atoms with van der Waals surface area (Å²) >= 11 is 1.58. The Hall–Kier alpha value is -0.850. The maximum absolute atomic E-state index is 8.65. The number of nitrogens with one attached hydrogen (secondary N) is 1. The summed E-state index contributed by atoms with van der Waals surface area (Å²) in [6.07, 6.45) is 1.38. The molecule has 3 heteroatoms. The third-order valence-corrected chi connectivity index (χ3v) is 3.74. The van der Waals surface area contributed by atoms with Gasteiger partial charge in [-0.1, -0.05) is 6.92 Å². The summed E-state index contributed by atoms with van der Waals surface area (Å²) in [6.45, 7) is 4.34. The predicted molar refractivity (Wildman–Crippen MR) is 58.0 cm³/mol. The first-order valence-electron chi connectivity index (χ1n) is 4.99. The molecule has 1 aliphatic rings. The minimum Gasteiger partial charge on any atom is -0.312 e. The third-order valence-electron chi connectivity index (χ3n) is 2.75. The topological polar surface area (TPSA) is 35.8 Å². The van der Waals surface area contributed by atoms with Gasteiger partial charge in [-0.2, -0.15) is 5.26 Å². The highest BCUT2D eigenvalue weighted by atomic mass is 32.1. The van der Waals surface area contributed by atoms with Crippen molar-refractivity contribution in [2.75, 3.05) is 6.54 Å². The van der Waals surface area contributed by atoms with Crippen LogP contribution in [0.1, 0.15) is 23.1 Å². The van der Waals surface area contributed by atoms with E-state index in [0.29, 0.717) is 0 Å². The maximum atomic E-state index is 8.65. The molecule has 1 fully saturated rings. The van der Waals surface area contributed by atoms with Gasteiger partial charge in [0.25, 0.3) is 0 Å². The fourth-order valence-corrected chi connectivity index (χ4v) is 2.37. The monoisotopic (exact) mass is 206 g/mol. The van der Waals surface area contributed by atoms with Gasteiger partial charge >= 0.3 is 0 Å². The van der Waals surface area contributed by atoms with Crippen LogP contribution in [0, 0.1) is 23.2 Å². The molecule has 2 nitrogen and oxygen atoms in total. The fraction of sp³-hybridized carbons (Fsp3) is 0.545. The molecule has 1 aromatic rings. The van der Waals surface area contributed by atoms with E-state index in [0.717, 1.165) is 29.8 Å². The summed E-state index contributed by atoms with van der Waals surface area (Å²) in [5.41, 5.74) is 0. The normalized spacial score (nSPS) is 24.6. The molecule has 1 heterocycles. The van der Waals surface area contributed by atoms with Crippen LogP contribution in [0.4, 0.5) is 0 Å². The lowest BCUT2D eigenvalue weighted by Crippen LogP contribution is -2.15. The molecular formula is C11H14N2S. The molecule has 0 spiro atoms. The van der Waals surface area contributed by atoms with Crippen LogP contribution in [0.25, 0.3) is 0 Å². The molecule has 0 bridgehead atoms. The Bertz CT molecular complexity index is 350. The van der Waals surface area contributed by atoms with E-state index in [1.54, 1.807) is 11.3 Å². The molecule has 2 unspecified atom stereocenters. The molecule has 0 aliphatic heterocycles. The molecule has 14 heavy (non-hydrogen) atoms. The number of hydrogen-bond donors (Lipinski definition) is 1. The van der Waals surface area contributed by atoms with E-state index in [2.05, 4.69) is 18.3 Å². The summed E-state index contributed by atoms with van der Waals surface area (Å²) in [5.74, 6) is 1.81. The van der Waals surface area contributed by atoms with Gasteiger partial charge in [0.1, 0.15) is 10.9 Å². The van der Waals surface area contributed by atoms with Crippen molar-refractivity contribution in [2.24, 2.45) is 11.8 Å². The standard InChI is InChI=1S/C11H14N2S/c1-8-4-9(8)6-13-7-11-3-2-10(5-12)14-11/h2-3,8-9,13H,4,6-7H2,1H3. The number of rotatable bonds is 4. The summed E-state index contributed by atoms with van der Waals surface area (Å²) in [4.78, 5) is 2.07. The lowest BCUT2D eigenvalue weighted by Gasteiger charge is -2.00. The zero-order valence-electron chi connectivity index (χ0n) is 8.29. The minimum absolute atomic E-state index is 0.807. The van der Waals surface area contributed by atoms with Crippen LogP contribution in [0.3, 0.4) is 0 Å². The molecule has 1 aliphatic carbocycles. The van der Waals surface area contributed by atoms with E-state index in [9.17, 15) is 0 Å². The van der Waals surface area contributed by atoms with Crippen molar-refractivity contribution < 1.29 is 0 Å². The number of nitriles is 1. The van der Waals surface area contributed by atoms with Crippen LogP contribution in [0.15, 0.2) is 12.1 Å². The number of hydrogen-bond acceptors (Lipinski definition) is 3. The van der Waals surface area contributed by atoms with Crippen molar-refractivity contribution in [2.45, 2.75) is 19.9 Å². The van der Waals surface area contributed by atoms with Gasteiger partial charge in [0.15, 0.2) is 0 Å². The SMILES string of the molecule is CC1CC1CNCc1ccc(C#N)s1. The molecule has 1 N–H and O–H groups in total. The largest absolute Gasteiger partial charge is 0.312 e. The van der Waals surface area contributed by atoms with Crippen molar-refractivity contribution in [1.82, 2.24) is 5.32 Å². The van der Waals surface area contributed by atoms with Gasteiger partial charge in [0, 0.05) is 11.4 Å². The van der Waals surface area contributed by atoms with Gasteiger partial charge < -0.3 is 5.32 Å². The molecule has 0 saturated heterocycles. The highest BCUT2D eigenvalue weighted by Gasteiger charge is 2.31. The van der Waals surface area contributed by atoms with Crippen molar-refractivity contribution in [3.05, 3.63) is 21.9 Å². The average molecular weight is 206 g/mol. The van der Waals surface area contributed by atoms with Crippen LogP contribution in [0.5, 0.6) is 0 Å². The Balaban J connectivity index is 1.72. The number of nitrogens with zero attached hydrogens (tertiary/aromatic N) is 1. The highest BCUT2D eigenvalue weighted by Crippen LogP contribution is 2.36. The maximum Gasteiger partial charge on any atom is 0.110 e. The van der Waals surface area contributed by atoms with Crippen molar-refractivity contribution >= 4 is 11.3 Å². The van der Waals surface area contributed by atoms with E-state index in [1.807, 2.05) is 12.1 Å². The van der Waals surface area contributed by atoms with Gasteiger partial charge in [-0.3, -0.25) is 0 Å². The van der Waals surface area contributed by atoms with Crippen molar-refractivity contribution in [3.8, 4) is 6.07 Å². The summed E-state index contributed by atoms with van der Waals surface area (Å²) in [6, 6.07) is 6.08. The third kappa shape index (κ3) is 2.34. The van der Waals surface area contributed by atoms with E-state index in [1.165, 1.54) is 11.3 Å². The first-order chi connectivity index (χ1) is 6.79. The Kier molecular flexibility index (Phi) is 2.85. The Morgan fingerprint density at radius 3 is 3.00 bits per heavy atom. The van der Waals surface area contributed by atoms with Crippen LogP contribution >= 0.6 is 11.3 Å². The van der Waals surface area contributed by atoms with Gasteiger partial charge in [-0.25, -0.2) is 0 Å². The van der Waals surface area contributed by atoms with Crippen molar-refractivity contribution in [3.63, 3.8) is 0 Å². The zero-order chi connectivity index (χ0) is 9.97. The van der Waals surface area contributed by atoms with Crippen molar-refractivity contribution in [1.29, 1.82) is 5.26 Å². The Labute approximate surface area is 88.6 Å². The zero-order valence-corrected chi connectivity index (χ0v) is 9.10. The summed E-state index contributed by atoms with van der Waals surface area (Å²) < 4.78 is 0. The predicted octanol–water partition coefficient (Wildman–Crippen LogP) is 2.37. The molecule has 2 rings (SSSR count). The lowest BCUT2D eigenvalue weighted by molar-refractivity contribution is 0.616. The van der Waals surface area contributed by atoms with Gasteiger partial charge in [-0.05, 0) is 36.9 Å². The molecule has 0 amide bonds. The molecule has 0 radical (unpaired) electrons. The molecule has 74 valence electrons. The first-order valence-corrected chi connectivity index (χ1v) is 5.81. The van der Waals surface area contributed by atoms with Crippen LogP contribution < -0.4 is 5.32 Å². The van der Waals surface area contributed by atoms with E-state index >= 15 is 0 Å². The first kappa shape index (κ1) is 9.70. The molecule has 0 aromatic carbocycles. The Morgan fingerprint density at radius 2 is 2.43 bits per heavy atom. The second-order valence-corrected chi connectivity index (χ2v) is 5.15. The molecular weight excluding hydrogens is 192 g/mol. The fourth-order valence-electron chi connectivity index (χ4n) is 1.60. The minimum atomic E-state index is 0.807. The molecule has 1 aromatic heterocycles. The Morgan fingerprint density at radius 1 is 1.64 bits per heavy atom. The van der Waals surface area contributed by atoms with Gasteiger partial charge in [-0.15, -0.1) is 11.3 Å². The average Bonchev–Trinajstić information content (AvgIpc) is 2.71. The highest BCUT2D eigenvalue weighted by molar-refractivity contribution is 7.12. The number of thiophene rings is 1. The summed E-state index contributed by atoms with van der Waals surface area (Å²) in [5, 5.41) is 12.1. The summed E-state index contributed by atoms with van der Waals surface area (Å²) in [7, 11) is 0. The second-order valence-electron chi connectivity index (χ2n) is 3.98. The van der Waals surface area contributed by atoms with Crippen LogP contribution in [0.2, 0.25) is 0 Å². The lowest BCUT2D eigenvalue weighted by atomic mass is 10.3. The quantitative estimate of drug-likeness (QED) is 0.821. The van der Waals surface area contributed by atoms with Crippen LogP contribution in [-0.4, -0.2) is 6.54 Å².